The third-order valence-corrected chi connectivity index (χ3v) is 4.40. The highest BCUT2D eigenvalue weighted by molar-refractivity contribution is 7.18. The van der Waals surface area contributed by atoms with Gasteiger partial charge in [0.2, 0.25) is 0 Å². The van der Waals surface area contributed by atoms with Gasteiger partial charge in [0.1, 0.15) is 5.01 Å². The van der Waals surface area contributed by atoms with Crippen molar-refractivity contribution in [1.29, 1.82) is 0 Å². The Balaban J connectivity index is 1.73. The zero-order valence-electron chi connectivity index (χ0n) is 10.0. The van der Waals surface area contributed by atoms with Crippen molar-refractivity contribution in [1.82, 2.24) is 15.2 Å². The largest absolute Gasteiger partial charge is 0.316 e. The SMILES string of the molecule is CNC1CCN(Cc2nc3ccccc3s2)C1. The number of nitrogens with one attached hydrogen (secondary N) is 1. The normalized spacial score (nSPS) is 21.4. The first-order valence-electron chi connectivity index (χ1n) is 6.09. The fraction of sp³-hybridized carbons (Fsp3) is 0.462. The zero-order chi connectivity index (χ0) is 11.7. The molecule has 0 aliphatic carbocycles. The maximum absolute atomic E-state index is 4.68. The molecule has 3 rings (SSSR count). The molecule has 1 atom stereocenters. The number of hydrogen-bond acceptors (Lipinski definition) is 4. The number of fused-ring (bicyclic) bond motifs is 1. The van der Waals surface area contributed by atoms with Crippen molar-refractivity contribution in [2.45, 2.75) is 19.0 Å². The molecule has 0 saturated carbocycles. The van der Waals surface area contributed by atoms with Crippen molar-refractivity contribution in [3.8, 4) is 0 Å². The predicted molar refractivity (Wildman–Crippen MR) is 72.4 cm³/mol. The minimum absolute atomic E-state index is 0.657. The van der Waals surface area contributed by atoms with Gasteiger partial charge in [-0.15, -0.1) is 11.3 Å². The van der Waals surface area contributed by atoms with Crippen LogP contribution in [0.25, 0.3) is 10.2 Å². The van der Waals surface area contributed by atoms with Gasteiger partial charge in [-0.05, 0) is 25.6 Å². The van der Waals surface area contributed by atoms with Gasteiger partial charge in [0.15, 0.2) is 0 Å². The standard InChI is InChI=1S/C13H17N3S/c1-14-10-6-7-16(8-10)9-13-15-11-4-2-3-5-12(11)17-13/h2-5,10,14H,6-9H2,1H3. The topological polar surface area (TPSA) is 28.2 Å². The Morgan fingerprint density at radius 1 is 1.47 bits per heavy atom. The molecule has 4 heteroatoms. The van der Waals surface area contributed by atoms with Gasteiger partial charge in [-0.25, -0.2) is 4.98 Å². The van der Waals surface area contributed by atoms with E-state index in [4.69, 9.17) is 0 Å². The van der Waals surface area contributed by atoms with E-state index in [1.807, 2.05) is 18.4 Å². The first-order chi connectivity index (χ1) is 8.35. The highest BCUT2D eigenvalue weighted by atomic mass is 32.1. The molecule has 0 spiro atoms. The molecule has 17 heavy (non-hydrogen) atoms. The van der Waals surface area contributed by atoms with Crippen molar-refractivity contribution in [2.24, 2.45) is 0 Å². The van der Waals surface area contributed by atoms with Crippen LogP contribution >= 0.6 is 11.3 Å². The third kappa shape index (κ3) is 2.34. The number of para-hydroxylation sites is 1. The molecule has 2 aromatic rings. The molecule has 1 N–H and O–H groups in total. The molecule has 1 aliphatic rings. The Labute approximate surface area is 105 Å². The quantitative estimate of drug-likeness (QED) is 0.900. The van der Waals surface area contributed by atoms with E-state index < -0.39 is 0 Å². The van der Waals surface area contributed by atoms with Crippen LogP contribution in [0.15, 0.2) is 24.3 Å². The van der Waals surface area contributed by atoms with Gasteiger partial charge in [-0.1, -0.05) is 12.1 Å². The highest BCUT2D eigenvalue weighted by Crippen LogP contribution is 2.23. The minimum atomic E-state index is 0.657. The van der Waals surface area contributed by atoms with Crippen LogP contribution in [0.1, 0.15) is 11.4 Å². The van der Waals surface area contributed by atoms with E-state index in [9.17, 15) is 0 Å². The number of likely N-dealkylation sites (tertiary alicyclic amines) is 1. The van der Waals surface area contributed by atoms with Crippen LogP contribution in [0.5, 0.6) is 0 Å². The lowest BCUT2D eigenvalue weighted by atomic mass is 10.3. The van der Waals surface area contributed by atoms with Crippen LogP contribution in [0.4, 0.5) is 0 Å². The molecule has 1 aromatic carbocycles. The second-order valence-corrected chi connectivity index (χ2v) is 5.70. The Morgan fingerprint density at radius 2 is 2.35 bits per heavy atom. The van der Waals surface area contributed by atoms with Gasteiger partial charge in [0, 0.05) is 19.1 Å². The van der Waals surface area contributed by atoms with Crippen molar-refractivity contribution in [2.75, 3.05) is 20.1 Å². The predicted octanol–water partition coefficient (Wildman–Crippen LogP) is 2.09. The second kappa shape index (κ2) is 4.72. The Kier molecular flexibility index (Phi) is 3.09. The van der Waals surface area contributed by atoms with Gasteiger partial charge in [-0.2, -0.15) is 0 Å². The van der Waals surface area contributed by atoms with E-state index in [0.29, 0.717) is 6.04 Å². The van der Waals surface area contributed by atoms with E-state index in [0.717, 1.165) is 18.6 Å². The number of rotatable bonds is 3. The molecule has 1 fully saturated rings. The van der Waals surface area contributed by atoms with Gasteiger partial charge < -0.3 is 5.32 Å². The number of thiazole rings is 1. The number of hydrogen-bond donors (Lipinski definition) is 1. The summed E-state index contributed by atoms with van der Waals surface area (Å²) in [5.74, 6) is 0. The summed E-state index contributed by atoms with van der Waals surface area (Å²) in [5.41, 5.74) is 1.14. The van der Waals surface area contributed by atoms with Crippen LogP contribution in [-0.2, 0) is 6.54 Å². The van der Waals surface area contributed by atoms with Gasteiger partial charge >= 0.3 is 0 Å². The molecule has 1 saturated heterocycles. The average Bonchev–Trinajstić information content (AvgIpc) is 2.94. The summed E-state index contributed by atoms with van der Waals surface area (Å²) in [6.45, 7) is 3.32. The fourth-order valence-corrected chi connectivity index (χ4v) is 3.40. The Hall–Kier alpha value is -0.970. The maximum atomic E-state index is 4.68. The van der Waals surface area contributed by atoms with E-state index in [1.54, 1.807) is 0 Å². The van der Waals surface area contributed by atoms with Gasteiger partial charge in [-0.3, -0.25) is 4.90 Å². The minimum Gasteiger partial charge on any atom is -0.316 e. The summed E-state index contributed by atoms with van der Waals surface area (Å²) < 4.78 is 1.30. The van der Waals surface area contributed by atoms with Crippen molar-refractivity contribution in [3.63, 3.8) is 0 Å². The molecular formula is C13H17N3S. The zero-order valence-corrected chi connectivity index (χ0v) is 10.8. The summed E-state index contributed by atoms with van der Waals surface area (Å²) in [5, 5.41) is 4.59. The molecule has 1 aliphatic heterocycles. The number of aromatic nitrogens is 1. The summed E-state index contributed by atoms with van der Waals surface area (Å²) >= 11 is 1.82. The van der Waals surface area contributed by atoms with Crippen molar-refractivity contribution >= 4 is 21.6 Å². The molecule has 0 amide bonds. The Bertz CT molecular complexity index is 475. The molecule has 3 nitrogen and oxygen atoms in total. The first-order valence-corrected chi connectivity index (χ1v) is 6.91. The van der Waals surface area contributed by atoms with Crippen LogP contribution in [0.2, 0.25) is 0 Å². The monoisotopic (exact) mass is 247 g/mol. The van der Waals surface area contributed by atoms with E-state index >= 15 is 0 Å². The van der Waals surface area contributed by atoms with Crippen LogP contribution in [0, 0.1) is 0 Å². The van der Waals surface area contributed by atoms with Gasteiger partial charge in [0.25, 0.3) is 0 Å². The molecule has 0 radical (unpaired) electrons. The Morgan fingerprint density at radius 3 is 3.12 bits per heavy atom. The maximum Gasteiger partial charge on any atom is 0.108 e. The summed E-state index contributed by atoms with van der Waals surface area (Å²) in [4.78, 5) is 7.17. The smallest absolute Gasteiger partial charge is 0.108 e. The lowest BCUT2D eigenvalue weighted by Crippen LogP contribution is -2.29. The summed E-state index contributed by atoms with van der Waals surface area (Å²) in [6.07, 6.45) is 1.25. The third-order valence-electron chi connectivity index (χ3n) is 3.38. The first kappa shape index (κ1) is 11.1. The van der Waals surface area contributed by atoms with Crippen LogP contribution in [-0.4, -0.2) is 36.1 Å². The molecule has 90 valence electrons. The van der Waals surface area contributed by atoms with E-state index in [1.165, 1.54) is 22.7 Å². The average molecular weight is 247 g/mol. The summed E-state index contributed by atoms with van der Waals surface area (Å²) in [7, 11) is 2.05. The number of benzene rings is 1. The van der Waals surface area contributed by atoms with Crippen molar-refractivity contribution < 1.29 is 0 Å². The fourth-order valence-electron chi connectivity index (χ4n) is 2.39. The molecular weight excluding hydrogens is 230 g/mol. The number of nitrogens with zero attached hydrogens (tertiary/aromatic N) is 2. The molecule has 0 bridgehead atoms. The van der Waals surface area contributed by atoms with Crippen molar-refractivity contribution in [3.05, 3.63) is 29.3 Å². The lowest BCUT2D eigenvalue weighted by Gasteiger charge is -2.13. The lowest BCUT2D eigenvalue weighted by molar-refractivity contribution is 0.322. The second-order valence-electron chi connectivity index (χ2n) is 4.58. The summed E-state index contributed by atoms with van der Waals surface area (Å²) in [6, 6.07) is 9.03. The van der Waals surface area contributed by atoms with E-state index in [-0.39, 0.29) is 0 Å². The van der Waals surface area contributed by atoms with Gasteiger partial charge in [0.05, 0.1) is 16.8 Å². The molecule has 1 unspecified atom stereocenters. The number of likely N-dealkylation sites (N-methyl/N-ethyl adjacent to an activating group) is 1. The molecule has 2 heterocycles. The van der Waals surface area contributed by atoms with Crippen LogP contribution in [0.3, 0.4) is 0 Å². The highest BCUT2D eigenvalue weighted by Gasteiger charge is 2.21. The molecule has 1 aromatic heterocycles. The van der Waals surface area contributed by atoms with Crippen LogP contribution < -0.4 is 5.32 Å². The van der Waals surface area contributed by atoms with E-state index in [2.05, 4.69) is 39.5 Å².